The molecule has 0 saturated carbocycles. The summed E-state index contributed by atoms with van der Waals surface area (Å²) < 4.78 is 11.7. The van der Waals surface area contributed by atoms with Crippen LogP contribution >= 0.6 is 0 Å². The van der Waals surface area contributed by atoms with E-state index in [0.717, 1.165) is 25.2 Å². The highest BCUT2D eigenvalue weighted by atomic mass is 16.5. The van der Waals surface area contributed by atoms with Gasteiger partial charge in [-0.05, 0) is 19.1 Å². The van der Waals surface area contributed by atoms with Crippen molar-refractivity contribution in [3.05, 3.63) is 51.9 Å². The quantitative estimate of drug-likeness (QED) is 0.800. The molecule has 8 heteroatoms. The molecule has 1 N–H and O–H groups in total. The Kier molecular flexibility index (Phi) is 6.20. The second kappa shape index (κ2) is 8.79. The van der Waals surface area contributed by atoms with Gasteiger partial charge in [0.1, 0.15) is 0 Å². The van der Waals surface area contributed by atoms with Crippen LogP contribution in [0.4, 0.5) is 0 Å². The van der Waals surface area contributed by atoms with Crippen molar-refractivity contribution in [2.45, 2.75) is 6.92 Å². The Balaban J connectivity index is 1.76. The summed E-state index contributed by atoms with van der Waals surface area (Å²) in [5, 5.41) is 7.09. The maximum absolute atomic E-state index is 12.6. The topological polar surface area (TPSA) is 85.7 Å². The number of nitrogens with one attached hydrogen (secondary N) is 1. The van der Waals surface area contributed by atoms with Gasteiger partial charge in [-0.1, -0.05) is 17.7 Å². The maximum atomic E-state index is 12.6. The molecule has 1 aliphatic heterocycles. The highest BCUT2D eigenvalue weighted by molar-refractivity contribution is 5.94. The number of benzene rings is 1. The van der Waals surface area contributed by atoms with Gasteiger partial charge >= 0.3 is 0 Å². The molecule has 0 spiro atoms. The Morgan fingerprint density at radius 2 is 1.96 bits per heavy atom. The van der Waals surface area contributed by atoms with Gasteiger partial charge in [0.05, 0.1) is 32.1 Å². The number of carbonyl (C=O) groups excluding carboxylic acids is 1. The van der Waals surface area contributed by atoms with Crippen LogP contribution in [-0.4, -0.2) is 67.1 Å². The van der Waals surface area contributed by atoms with Crippen LogP contribution in [0.15, 0.2) is 35.1 Å². The van der Waals surface area contributed by atoms with Crippen LogP contribution in [0.1, 0.15) is 16.1 Å². The lowest BCUT2D eigenvalue weighted by molar-refractivity contribution is 0.0383. The molecule has 0 aliphatic carbocycles. The van der Waals surface area contributed by atoms with E-state index in [1.54, 1.807) is 12.1 Å². The molecule has 27 heavy (non-hydrogen) atoms. The van der Waals surface area contributed by atoms with Gasteiger partial charge < -0.3 is 14.8 Å². The molecule has 0 atom stereocenters. The van der Waals surface area contributed by atoms with Gasteiger partial charge in [0.2, 0.25) is 0 Å². The maximum Gasteiger partial charge on any atom is 0.275 e. The van der Waals surface area contributed by atoms with Gasteiger partial charge in [0, 0.05) is 26.2 Å². The van der Waals surface area contributed by atoms with Crippen molar-refractivity contribution >= 4 is 5.91 Å². The van der Waals surface area contributed by atoms with Crippen molar-refractivity contribution in [2.24, 2.45) is 0 Å². The Labute approximate surface area is 157 Å². The summed E-state index contributed by atoms with van der Waals surface area (Å²) in [4.78, 5) is 27.2. The van der Waals surface area contributed by atoms with E-state index in [1.165, 1.54) is 17.9 Å². The van der Waals surface area contributed by atoms with Crippen LogP contribution < -0.4 is 15.6 Å². The van der Waals surface area contributed by atoms with Gasteiger partial charge in [-0.25, -0.2) is 0 Å². The van der Waals surface area contributed by atoms with E-state index in [1.807, 2.05) is 19.1 Å². The number of hydrogen-bond acceptors (Lipinski definition) is 6. The van der Waals surface area contributed by atoms with Crippen LogP contribution in [0.25, 0.3) is 5.69 Å². The first kappa shape index (κ1) is 19.1. The molecular formula is C19H24N4O4. The second-order valence-electron chi connectivity index (χ2n) is 6.36. The molecule has 0 radical (unpaired) electrons. The van der Waals surface area contributed by atoms with Crippen molar-refractivity contribution in [2.75, 3.05) is 46.5 Å². The Morgan fingerprint density at radius 3 is 2.63 bits per heavy atom. The molecule has 8 nitrogen and oxygen atoms in total. The number of rotatable bonds is 6. The molecule has 2 aromatic rings. The van der Waals surface area contributed by atoms with Crippen molar-refractivity contribution in [1.82, 2.24) is 20.0 Å². The van der Waals surface area contributed by atoms with E-state index >= 15 is 0 Å². The Morgan fingerprint density at radius 1 is 1.26 bits per heavy atom. The summed E-state index contributed by atoms with van der Waals surface area (Å²) >= 11 is 0. The fourth-order valence-electron chi connectivity index (χ4n) is 2.86. The minimum Gasteiger partial charge on any atom is -0.494 e. The summed E-state index contributed by atoms with van der Waals surface area (Å²) in [5.74, 6) is -0.215. The van der Waals surface area contributed by atoms with Gasteiger partial charge in [0.15, 0.2) is 11.4 Å². The third-order valence-electron chi connectivity index (χ3n) is 4.43. The highest BCUT2D eigenvalue weighted by Crippen LogP contribution is 2.14. The number of amides is 1. The Bertz CT molecular complexity index is 842. The molecule has 1 amide bonds. The number of aryl methyl sites for hydroxylation is 1. The first-order valence-corrected chi connectivity index (χ1v) is 8.92. The minimum atomic E-state index is -0.374. The zero-order valence-corrected chi connectivity index (χ0v) is 15.6. The second-order valence-corrected chi connectivity index (χ2v) is 6.36. The molecule has 144 valence electrons. The number of methoxy groups -OCH3 is 1. The van der Waals surface area contributed by atoms with E-state index in [0.29, 0.717) is 25.4 Å². The monoisotopic (exact) mass is 372 g/mol. The normalized spacial score (nSPS) is 14.7. The first-order valence-electron chi connectivity index (χ1n) is 8.92. The van der Waals surface area contributed by atoms with Crippen molar-refractivity contribution < 1.29 is 14.3 Å². The van der Waals surface area contributed by atoms with Gasteiger partial charge in [0.25, 0.3) is 11.5 Å². The Hall–Kier alpha value is -2.71. The van der Waals surface area contributed by atoms with Gasteiger partial charge in [-0.15, -0.1) is 0 Å². The molecule has 2 heterocycles. The summed E-state index contributed by atoms with van der Waals surface area (Å²) in [6.45, 7) is 6.31. The van der Waals surface area contributed by atoms with Crippen molar-refractivity contribution in [3.63, 3.8) is 0 Å². The standard InChI is InChI=1S/C19H24N4O4/c1-14-3-5-15(6-4-14)23-17(24)13-16(26-2)18(21-23)19(25)20-7-8-22-9-11-27-12-10-22/h3-6,13H,7-12H2,1-2H3,(H,20,25). The van der Waals surface area contributed by atoms with E-state index in [-0.39, 0.29) is 22.9 Å². The van der Waals surface area contributed by atoms with E-state index < -0.39 is 0 Å². The fourth-order valence-corrected chi connectivity index (χ4v) is 2.86. The number of carbonyl (C=O) groups is 1. The lowest BCUT2D eigenvalue weighted by atomic mass is 10.2. The molecule has 1 aliphatic rings. The predicted molar refractivity (Wildman–Crippen MR) is 101 cm³/mol. The predicted octanol–water partition coefficient (Wildman–Crippen LogP) is 0.612. The lowest BCUT2D eigenvalue weighted by Gasteiger charge is -2.26. The molecule has 1 aromatic carbocycles. The molecule has 0 bridgehead atoms. The number of morpholine rings is 1. The van der Waals surface area contributed by atoms with Gasteiger partial charge in [-0.2, -0.15) is 9.78 Å². The minimum absolute atomic E-state index is 0.0830. The number of hydrogen-bond donors (Lipinski definition) is 1. The lowest BCUT2D eigenvalue weighted by Crippen LogP contribution is -2.41. The van der Waals surface area contributed by atoms with Crippen molar-refractivity contribution in [3.8, 4) is 11.4 Å². The largest absolute Gasteiger partial charge is 0.494 e. The zero-order valence-electron chi connectivity index (χ0n) is 15.6. The third kappa shape index (κ3) is 4.72. The summed E-state index contributed by atoms with van der Waals surface area (Å²) in [5.41, 5.74) is 1.39. The number of aromatic nitrogens is 2. The van der Waals surface area contributed by atoms with Crippen LogP contribution in [0, 0.1) is 6.92 Å². The third-order valence-corrected chi connectivity index (χ3v) is 4.43. The highest BCUT2D eigenvalue weighted by Gasteiger charge is 2.18. The SMILES string of the molecule is COc1cc(=O)n(-c2ccc(C)cc2)nc1C(=O)NCCN1CCOCC1. The fraction of sp³-hybridized carbons (Fsp3) is 0.421. The molecule has 1 aromatic heterocycles. The first-order chi connectivity index (χ1) is 13.1. The van der Waals surface area contributed by atoms with E-state index in [4.69, 9.17) is 9.47 Å². The summed E-state index contributed by atoms with van der Waals surface area (Å²) in [6, 6.07) is 8.63. The number of ether oxygens (including phenoxy) is 2. The zero-order chi connectivity index (χ0) is 19.2. The molecule has 0 unspecified atom stereocenters. The molecule has 1 fully saturated rings. The van der Waals surface area contributed by atoms with E-state index in [2.05, 4.69) is 15.3 Å². The van der Waals surface area contributed by atoms with Crippen LogP contribution in [0.2, 0.25) is 0 Å². The van der Waals surface area contributed by atoms with Crippen LogP contribution in [-0.2, 0) is 4.74 Å². The molecule has 1 saturated heterocycles. The average Bonchev–Trinajstić information content (AvgIpc) is 2.69. The molecule has 3 rings (SSSR count). The smallest absolute Gasteiger partial charge is 0.275 e. The molecular weight excluding hydrogens is 348 g/mol. The summed E-state index contributed by atoms with van der Waals surface area (Å²) in [6.07, 6.45) is 0. The number of nitrogens with zero attached hydrogens (tertiary/aromatic N) is 3. The van der Waals surface area contributed by atoms with E-state index in [9.17, 15) is 9.59 Å². The average molecular weight is 372 g/mol. The van der Waals surface area contributed by atoms with Gasteiger partial charge in [-0.3, -0.25) is 14.5 Å². The van der Waals surface area contributed by atoms with Crippen molar-refractivity contribution in [1.29, 1.82) is 0 Å². The summed E-state index contributed by atoms with van der Waals surface area (Å²) in [7, 11) is 1.41. The van der Waals surface area contributed by atoms with Crippen LogP contribution in [0.5, 0.6) is 5.75 Å². The van der Waals surface area contributed by atoms with Crippen LogP contribution in [0.3, 0.4) is 0 Å².